The zero-order valence-corrected chi connectivity index (χ0v) is 15.5. The number of nitrogens with one attached hydrogen (secondary N) is 2. The smallest absolute Gasteiger partial charge is 0.322 e. The highest BCUT2D eigenvalue weighted by atomic mass is 16.2. The number of benzene rings is 2. The molecule has 2 heterocycles. The van der Waals surface area contributed by atoms with E-state index < -0.39 is 0 Å². The Balaban J connectivity index is 1.28. The summed E-state index contributed by atoms with van der Waals surface area (Å²) in [5.74, 6) is -0.125. The highest BCUT2D eigenvalue weighted by Crippen LogP contribution is 2.23. The number of carbonyl (C=O) groups is 2. The molecule has 3 amide bonds. The van der Waals surface area contributed by atoms with E-state index in [9.17, 15) is 9.59 Å². The first-order valence-electron chi connectivity index (χ1n) is 9.31. The van der Waals surface area contributed by atoms with Crippen LogP contribution in [0.2, 0.25) is 0 Å². The number of anilines is 1. The van der Waals surface area contributed by atoms with Gasteiger partial charge in [0.15, 0.2) is 0 Å². The molecule has 6 heteroatoms. The van der Waals surface area contributed by atoms with Gasteiger partial charge >= 0.3 is 6.03 Å². The summed E-state index contributed by atoms with van der Waals surface area (Å²) in [4.78, 5) is 26.5. The number of urea groups is 1. The van der Waals surface area contributed by atoms with Gasteiger partial charge in [-0.3, -0.25) is 4.79 Å². The van der Waals surface area contributed by atoms with Crippen LogP contribution in [0, 0.1) is 0 Å². The van der Waals surface area contributed by atoms with Crippen molar-refractivity contribution in [2.75, 3.05) is 11.9 Å². The standard InChI is InChI=1S/C22H22N4O2/c27-21(23-11-14-25-12-3-4-13-25)17-7-9-20(10-8-17)24-22(28)26-15-18-5-1-2-6-19(18)16-26/h1-10,12-13H,11,14-16H2,(H,23,27)(H,24,28). The van der Waals surface area contributed by atoms with E-state index in [-0.39, 0.29) is 11.9 Å². The molecular formula is C22H22N4O2. The van der Waals surface area contributed by atoms with Gasteiger partial charge in [0, 0.05) is 49.8 Å². The van der Waals surface area contributed by atoms with Gasteiger partial charge in [-0.1, -0.05) is 24.3 Å². The predicted octanol–water partition coefficient (Wildman–Crippen LogP) is 3.47. The van der Waals surface area contributed by atoms with Crippen molar-refractivity contribution in [3.05, 3.63) is 89.7 Å². The summed E-state index contributed by atoms with van der Waals surface area (Å²) in [5.41, 5.74) is 3.61. The van der Waals surface area contributed by atoms with Gasteiger partial charge in [0.05, 0.1) is 0 Å². The van der Waals surface area contributed by atoms with E-state index in [2.05, 4.69) is 10.6 Å². The lowest BCUT2D eigenvalue weighted by molar-refractivity contribution is 0.0952. The molecule has 0 saturated heterocycles. The normalized spacial score (nSPS) is 12.5. The molecule has 3 aromatic rings. The third-order valence-corrected chi connectivity index (χ3v) is 4.85. The van der Waals surface area contributed by atoms with Crippen LogP contribution in [0.15, 0.2) is 73.1 Å². The van der Waals surface area contributed by atoms with E-state index in [0.29, 0.717) is 30.9 Å². The molecule has 4 rings (SSSR count). The fourth-order valence-electron chi connectivity index (χ4n) is 3.30. The second kappa shape index (κ2) is 8.00. The van der Waals surface area contributed by atoms with E-state index in [1.807, 2.05) is 53.4 Å². The number of aromatic nitrogens is 1. The monoisotopic (exact) mass is 374 g/mol. The van der Waals surface area contributed by atoms with Crippen LogP contribution in [0.1, 0.15) is 21.5 Å². The molecule has 0 fully saturated rings. The molecule has 28 heavy (non-hydrogen) atoms. The van der Waals surface area contributed by atoms with Gasteiger partial charge in [-0.25, -0.2) is 4.79 Å². The van der Waals surface area contributed by atoms with Crippen molar-refractivity contribution in [2.24, 2.45) is 0 Å². The summed E-state index contributed by atoms with van der Waals surface area (Å²) in [6.07, 6.45) is 3.92. The number of hydrogen-bond acceptors (Lipinski definition) is 2. The summed E-state index contributed by atoms with van der Waals surface area (Å²) < 4.78 is 2.01. The number of fused-ring (bicyclic) bond motifs is 1. The van der Waals surface area contributed by atoms with Crippen LogP contribution in [-0.2, 0) is 19.6 Å². The molecule has 1 aromatic heterocycles. The predicted molar refractivity (Wildman–Crippen MR) is 108 cm³/mol. The molecular weight excluding hydrogens is 352 g/mol. The maximum atomic E-state index is 12.5. The van der Waals surface area contributed by atoms with Crippen molar-refractivity contribution in [2.45, 2.75) is 19.6 Å². The first-order valence-corrected chi connectivity index (χ1v) is 9.31. The molecule has 0 unspecified atom stereocenters. The minimum absolute atomic E-state index is 0.125. The van der Waals surface area contributed by atoms with Crippen molar-refractivity contribution in [1.29, 1.82) is 0 Å². The number of nitrogens with zero attached hydrogens (tertiary/aromatic N) is 2. The van der Waals surface area contributed by atoms with Gasteiger partial charge < -0.3 is 20.1 Å². The third kappa shape index (κ3) is 4.06. The Kier molecular flexibility index (Phi) is 5.10. The van der Waals surface area contributed by atoms with Crippen molar-refractivity contribution < 1.29 is 9.59 Å². The Labute approximate surface area is 163 Å². The van der Waals surface area contributed by atoms with E-state index in [4.69, 9.17) is 0 Å². The Hall–Kier alpha value is -3.54. The number of rotatable bonds is 5. The van der Waals surface area contributed by atoms with Crippen LogP contribution in [0.25, 0.3) is 0 Å². The van der Waals surface area contributed by atoms with Crippen molar-refractivity contribution in [3.8, 4) is 0 Å². The quantitative estimate of drug-likeness (QED) is 0.718. The zero-order chi connectivity index (χ0) is 19.3. The van der Waals surface area contributed by atoms with Crippen LogP contribution in [0.5, 0.6) is 0 Å². The van der Waals surface area contributed by atoms with Gasteiger partial charge in [0.25, 0.3) is 5.91 Å². The highest BCUT2D eigenvalue weighted by Gasteiger charge is 2.22. The van der Waals surface area contributed by atoms with Crippen LogP contribution in [0.4, 0.5) is 10.5 Å². The SMILES string of the molecule is O=C(NCCn1cccc1)c1ccc(NC(=O)N2Cc3ccccc3C2)cc1. The minimum atomic E-state index is -0.139. The molecule has 6 nitrogen and oxygen atoms in total. The van der Waals surface area contributed by atoms with Crippen molar-refractivity contribution >= 4 is 17.6 Å². The Morgan fingerprint density at radius 1 is 0.857 bits per heavy atom. The Bertz CT molecular complexity index is 939. The van der Waals surface area contributed by atoms with Gasteiger partial charge in [-0.05, 0) is 47.5 Å². The molecule has 0 saturated carbocycles. The molecule has 0 bridgehead atoms. The topological polar surface area (TPSA) is 66.4 Å². The van der Waals surface area contributed by atoms with E-state index >= 15 is 0 Å². The van der Waals surface area contributed by atoms with E-state index in [1.54, 1.807) is 29.2 Å². The summed E-state index contributed by atoms with van der Waals surface area (Å²) in [6, 6.07) is 18.8. The van der Waals surface area contributed by atoms with Crippen LogP contribution < -0.4 is 10.6 Å². The summed E-state index contributed by atoms with van der Waals surface area (Å²) in [7, 11) is 0. The largest absolute Gasteiger partial charge is 0.353 e. The molecule has 2 aromatic carbocycles. The fourth-order valence-corrected chi connectivity index (χ4v) is 3.30. The molecule has 2 N–H and O–H groups in total. The maximum absolute atomic E-state index is 12.5. The van der Waals surface area contributed by atoms with Crippen LogP contribution in [0.3, 0.4) is 0 Å². The third-order valence-electron chi connectivity index (χ3n) is 4.85. The molecule has 0 aliphatic carbocycles. The number of amides is 3. The second-order valence-electron chi connectivity index (χ2n) is 6.81. The minimum Gasteiger partial charge on any atom is -0.353 e. The Morgan fingerprint density at radius 2 is 1.50 bits per heavy atom. The molecule has 1 aliphatic rings. The van der Waals surface area contributed by atoms with Crippen LogP contribution >= 0.6 is 0 Å². The molecule has 1 aliphatic heterocycles. The number of hydrogen-bond donors (Lipinski definition) is 2. The molecule has 0 radical (unpaired) electrons. The Morgan fingerprint density at radius 3 is 2.14 bits per heavy atom. The fraction of sp³-hybridized carbons (Fsp3) is 0.182. The summed E-state index contributed by atoms with van der Waals surface area (Å²) in [6.45, 7) is 2.51. The summed E-state index contributed by atoms with van der Waals surface area (Å²) >= 11 is 0. The van der Waals surface area contributed by atoms with Crippen molar-refractivity contribution in [3.63, 3.8) is 0 Å². The lowest BCUT2D eigenvalue weighted by atomic mass is 10.1. The van der Waals surface area contributed by atoms with Gasteiger partial charge in [0.2, 0.25) is 0 Å². The van der Waals surface area contributed by atoms with E-state index in [1.165, 1.54) is 11.1 Å². The van der Waals surface area contributed by atoms with Gasteiger partial charge in [0.1, 0.15) is 0 Å². The van der Waals surface area contributed by atoms with Crippen molar-refractivity contribution in [1.82, 2.24) is 14.8 Å². The molecule has 0 atom stereocenters. The average Bonchev–Trinajstić information content (AvgIpc) is 3.38. The van der Waals surface area contributed by atoms with Gasteiger partial charge in [-0.15, -0.1) is 0 Å². The number of carbonyl (C=O) groups excluding carboxylic acids is 2. The molecule has 142 valence electrons. The first kappa shape index (κ1) is 17.9. The summed E-state index contributed by atoms with van der Waals surface area (Å²) in [5, 5.41) is 5.80. The lowest BCUT2D eigenvalue weighted by Crippen LogP contribution is -2.30. The van der Waals surface area contributed by atoms with Crippen LogP contribution in [-0.4, -0.2) is 28.0 Å². The maximum Gasteiger partial charge on any atom is 0.322 e. The molecule has 0 spiro atoms. The zero-order valence-electron chi connectivity index (χ0n) is 15.5. The lowest BCUT2D eigenvalue weighted by Gasteiger charge is -2.16. The van der Waals surface area contributed by atoms with Gasteiger partial charge in [-0.2, -0.15) is 0 Å². The second-order valence-corrected chi connectivity index (χ2v) is 6.81. The first-order chi connectivity index (χ1) is 13.7. The van der Waals surface area contributed by atoms with E-state index in [0.717, 1.165) is 6.54 Å². The highest BCUT2D eigenvalue weighted by molar-refractivity contribution is 5.95. The average molecular weight is 374 g/mol.